The van der Waals surface area contributed by atoms with Crippen molar-refractivity contribution in [2.45, 2.75) is 0 Å². The van der Waals surface area contributed by atoms with Gasteiger partial charge in [0.05, 0.1) is 5.52 Å². The van der Waals surface area contributed by atoms with Crippen molar-refractivity contribution < 1.29 is 4.79 Å². The number of anilines is 1. The zero-order valence-corrected chi connectivity index (χ0v) is 8.66. The molecule has 5 nitrogen and oxygen atoms in total. The second-order valence-corrected chi connectivity index (χ2v) is 3.38. The fourth-order valence-electron chi connectivity index (χ4n) is 1.45. The van der Waals surface area contributed by atoms with Gasteiger partial charge in [0.1, 0.15) is 0 Å². The highest BCUT2D eigenvalue weighted by Gasteiger charge is 2.12. The number of amides is 1. The molecule has 5 heteroatoms. The van der Waals surface area contributed by atoms with Crippen LogP contribution in [0.15, 0.2) is 30.9 Å². The van der Waals surface area contributed by atoms with E-state index >= 15 is 0 Å². The number of rotatable bonds is 3. The van der Waals surface area contributed by atoms with E-state index in [1.807, 2.05) is 0 Å². The maximum Gasteiger partial charge on any atom is 0.272 e. The molecule has 0 saturated carbocycles. The molecular formula is C11H12N4O. The van der Waals surface area contributed by atoms with Gasteiger partial charge < -0.3 is 11.1 Å². The van der Waals surface area contributed by atoms with Gasteiger partial charge >= 0.3 is 0 Å². The van der Waals surface area contributed by atoms with Gasteiger partial charge in [0.25, 0.3) is 5.91 Å². The molecule has 0 bridgehead atoms. The van der Waals surface area contributed by atoms with Crippen molar-refractivity contribution in [3.63, 3.8) is 0 Å². The lowest BCUT2D eigenvalue weighted by Crippen LogP contribution is -2.23. The molecule has 0 unspecified atom stereocenters. The van der Waals surface area contributed by atoms with Crippen molar-refractivity contribution >= 4 is 22.5 Å². The van der Waals surface area contributed by atoms with Crippen molar-refractivity contribution in [3.8, 4) is 0 Å². The van der Waals surface area contributed by atoms with Gasteiger partial charge in [0.2, 0.25) is 0 Å². The van der Waals surface area contributed by atoms with Crippen molar-refractivity contribution in [3.05, 3.63) is 36.5 Å². The first-order valence-electron chi connectivity index (χ1n) is 4.85. The number of fused-ring (bicyclic) bond motifs is 1. The number of H-pyrrole nitrogens is 1. The molecule has 0 fully saturated rings. The van der Waals surface area contributed by atoms with Crippen molar-refractivity contribution in [1.29, 1.82) is 0 Å². The summed E-state index contributed by atoms with van der Waals surface area (Å²) in [5.41, 5.74) is 7.41. The number of nitrogens with two attached hydrogens (primary N) is 1. The molecule has 1 aromatic heterocycles. The standard InChI is InChI=1S/C11H12N4O/c1-2-5-13-11(16)10-8-6-7(12)3-4-9(8)14-15-10/h2-4,6H,1,5,12H2,(H,13,16)(H,14,15). The smallest absolute Gasteiger partial charge is 0.272 e. The van der Waals surface area contributed by atoms with Crippen LogP contribution in [0.25, 0.3) is 10.9 Å². The molecule has 0 aliphatic rings. The van der Waals surface area contributed by atoms with Gasteiger partial charge in [-0.05, 0) is 18.2 Å². The zero-order chi connectivity index (χ0) is 11.5. The van der Waals surface area contributed by atoms with E-state index in [0.717, 1.165) is 10.9 Å². The summed E-state index contributed by atoms with van der Waals surface area (Å²) in [7, 11) is 0. The fraction of sp³-hybridized carbons (Fsp3) is 0.0909. The molecule has 1 aromatic carbocycles. The van der Waals surface area contributed by atoms with Gasteiger partial charge in [-0.15, -0.1) is 6.58 Å². The second kappa shape index (κ2) is 4.06. The highest BCUT2D eigenvalue weighted by atomic mass is 16.1. The van der Waals surface area contributed by atoms with E-state index in [1.165, 1.54) is 0 Å². The number of aromatic nitrogens is 2. The van der Waals surface area contributed by atoms with Gasteiger partial charge in [0.15, 0.2) is 5.69 Å². The quantitative estimate of drug-likeness (QED) is 0.530. The highest BCUT2D eigenvalue weighted by Crippen LogP contribution is 2.18. The van der Waals surface area contributed by atoms with Gasteiger partial charge in [-0.1, -0.05) is 6.08 Å². The molecule has 2 rings (SSSR count). The third-order valence-electron chi connectivity index (χ3n) is 2.21. The van der Waals surface area contributed by atoms with Crippen LogP contribution < -0.4 is 11.1 Å². The van der Waals surface area contributed by atoms with E-state index in [9.17, 15) is 4.79 Å². The normalized spacial score (nSPS) is 10.2. The van der Waals surface area contributed by atoms with Gasteiger partial charge in [-0.3, -0.25) is 9.89 Å². The summed E-state index contributed by atoms with van der Waals surface area (Å²) in [5.74, 6) is -0.239. The van der Waals surface area contributed by atoms with Crippen LogP contribution in [-0.2, 0) is 0 Å². The maximum atomic E-state index is 11.7. The summed E-state index contributed by atoms with van der Waals surface area (Å²) in [6.45, 7) is 3.94. The van der Waals surface area contributed by atoms with Crippen LogP contribution in [0.3, 0.4) is 0 Å². The van der Waals surface area contributed by atoms with Crippen molar-refractivity contribution in [2.75, 3.05) is 12.3 Å². The zero-order valence-electron chi connectivity index (χ0n) is 8.66. The third kappa shape index (κ3) is 1.75. The number of hydrogen-bond acceptors (Lipinski definition) is 3. The van der Waals surface area contributed by atoms with E-state index in [0.29, 0.717) is 17.9 Å². The van der Waals surface area contributed by atoms with Crippen LogP contribution in [0, 0.1) is 0 Å². The number of carbonyl (C=O) groups is 1. The molecule has 16 heavy (non-hydrogen) atoms. The molecule has 2 aromatic rings. The first-order chi connectivity index (χ1) is 7.72. The molecule has 0 saturated heterocycles. The predicted octanol–water partition coefficient (Wildman–Crippen LogP) is 1.06. The minimum atomic E-state index is -0.239. The maximum absolute atomic E-state index is 11.7. The lowest BCUT2D eigenvalue weighted by molar-refractivity contribution is 0.0954. The molecule has 4 N–H and O–H groups in total. The van der Waals surface area contributed by atoms with Crippen LogP contribution in [0.4, 0.5) is 5.69 Å². The molecule has 0 aliphatic carbocycles. The second-order valence-electron chi connectivity index (χ2n) is 3.38. The number of benzene rings is 1. The Morgan fingerprint density at radius 3 is 3.19 bits per heavy atom. The van der Waals surface area contributed by atoms with E-state index in [-0.39, 0.29) is 5.91 Å². The molecule has 1 amide bonds. The Hall–Kier alpha value is -2.30. The van der Waals surface area contributed by atoms with Crippen LogP contribution >= 0.6 is 0 Å². The average molecular weight is 216 g/mol. The lowest BCUT2D eigenvalue weighted by atomic mass is 10.2. The molecule has 0 atom stereocenters. The van der Waals surface area contributed by atoms with E-state index < -0.39 is 0 Å². The molecule has 82 valence electrons. The van der Waals surface area contributed by atoms with Crippen LogP contribution in [0.2, 0.25) is 0 Å². The van der Waals surface area contributed by atoms with Crippen LogP contribution in [0.1, 0.15) is 10.5 Å². The average Bonchev–Trinajstić information content (AvgIpc) is 2.68. The molecule has 0 radical (unpaired) electrons. The SMILES string of the molecule is C=CCNC(=O)c1n[nH]c2ccc(N)cc12. The monoisotopic (exact) mass is 216 g/mol. The van der Waals surface area contributed by atoms with Gasteiger partial charge in [0, 0.05) is 17.6 Å². The molecule has 1 heterocycles. The van der Waals surface area contributed by atoms with Crippen molar-refractivity contribution in [2.24, 2.45) is 0 Å². The highest BCUT2D eigenvalue weighted by molar-refractivity contribution is 6.05. The minimum absolute atomic E-state index is 0.239. The predicted molar refractivity (Wildman–Crippen MR) is 63.0 cm³/mol. The number of aromatic amines is 1. The Labute approximate surface area is 92.3 Å². The summed E-state index contributed by atoms with van der Waals surface area (Å²) in [6.07, 6.45) is 1.61. The summed E-state index contributed by atoms with van der Waals surface area (Å²) in [4.78, 5) is 11.7. The summed E-state index contributed by atoms with van der Waals surface area (Å²) in [6, 6.07) is 5.27. The molecule has 0 aliphatic heterocycles. The van der Waals surface area contributed by atoms with Crippen LogP contribution in [0.5, 0.6) is 0 Å². The summed E-state index contributed by atoms with van der Waals surface area (Å²) in [5, 5.41) is 10.1. The number of carbonyl (C=O) groups excluding carboxylic acids is 1. The lowest BCUT2D eigenvalue weighted by Gasteiger charge is -1.99. The number of hydrogen-bond donors (Lipinski definition) is 3. The summed E-state index contributed by atoms with van der Waals surface area (Å²) >= 11 is 0. The Balaban J connectivity index is 2.40. The Bertz CT molecular complexity index is 544. The number of nitrogen functional groups attached to an aromatic ring is 1. The fourth-order valence-corrected chi connectivity index (χ4v) is 1.45. The van der Waals surface area contributed by atoms with Gasteiger partial charge in [-0.2, -0.15) is 5.10 Å². The molecular weight excluding hydrogens is 204 g/mol. The minimum Gasteiger partial charge on any atom is -0.399 e. The Morgan fingerprint density at radius 1 is 1.62 bits per heavy atom. The molecule has 0 spiro atoms. The third-order valence-corrected chi connectivity index (χ3v) is 2.21. The van der Waals surface area contributed by atoms with Gasteiger partial charge in [-0.25, -0.2) is 0 Å². The first kappa shape index (κ1) is 10.2. The first-order valence-corrected chi connectivity index (χ1v) is 4.85. The number of nitrogens with one attached hydrogen (secondary N) is 2. The number of nitrogens with zero attached hydrogens (tertiary/aromatic N) is 1. The van der Waals surface area contributed by atoms with E-state index in [4.69, 9.17) is 5.73 Å². The topological polar surface area (TPSA) is 83.8 Å². The Morgan fingerprint density at radius 2 is 2.44 bits per heavy atom. The largest absolute Gasteiger partial charge is 0.399 e. The van der Waals surface area contributed by atoms with E-state index in [1.54, 1.807) is 24.3 Å². The summed E-state index contributed by atoms with van der Waals surface area (Å²) < 4.78 is 0. The van der Waals surface area contributed by atoms with Crippen LogP contribution in [-0.4, -0.2) is 22.6 Å². The Kier molecular flexibility index (Phi) is 2.59. The van der Waals surface area contributed by atoms with Crippen molar-refractivity contribution in [1.82, 2.24) is 15.5 Å². The van der Waals surface area contributed by atoms with E-state index in [2.05, 4.69) is 22.1 Å².